The number of nitrogens with zero attached hydrogens (tertiary/aromatic N) is 2. The van der Waals surface area contributed by atoms with E-state index in [9.17, 15) is 4.79 Å². The Morgan fingerprint density at radius 1 is 1.57 bits per heavy atom. The van der Waals surface area contributed by atoms with E-state index in [2.05, 4.69) is 16.8 Å². The highest BCUT2D eigenvalue weighted by Gasteiger charge is 2.34. The second-order valence-corrected chi connectivity index (χ2v) is 6.54. The average molecular weight is 312 g/mol. The lowest BCUT2D eigenvalue weighted by Gasteiger charge is -2.32. The summed E-state index contributed by atoms with van der Waals surface area (Å²) in [5.74, 6) is -0.227. The fraction of sp³-hybridized carbons (Fsp3) is 0.733. The van der Waals surface area contributed by atoms with Gasteiger partial charge >= 0.3 is 5.97 Å². The zero-order valence-electron chi connectivity index (χ0n) is 13.2. The highest BCUT2D eigenvalue weighted by Crippen LogP contribution is 2.31. The summed E-state index contributed by atoms with van der Waals surface area (Å²) in [6, 6.07) is 0. The molecule has 2 rings (SSSR count). The molecule has 6 heteroatoms. The van der Waals surface area contributed by atoms with E-state index >= 15 is 0 Å². The van der Waals surface area contributed by atoms with Gasteiger partial charge in [-0.2, -0.15) is 0 Å². The molecule has 0 aromatic carbocycles. The quantitative estimate of drug-likeness (QED) is 0.782. The molecule has 21 heavy (non-hydrogen) atoms. The molecule has 0 saturated carbocycles. The summed E-state index contributed by atoms with van der Waals surface area (Å²) in [6.45, 7) is 10.5. The predicted molar refractivity (Wildman–Crippen MR) is 84.0 cm³/mol. The van der Waals surface area contributed by atoms with Crippen LogP contribution in [0.3, 0.4) is 0 Å². The second-order valence-electron chi connectivity index (χ2n) is 5.71. The Morgan fingerprint density at radius 3 is 3.00 bits per heavy atom. The number of thiazole rings is 1. The van der Waals surface area contributed by atoms with Crippen molar-refractivity contribution >= 4 is 22.4 Å². The van der Waals surface area contributed by atoms with Gasteiger partial charge in [-0.05, 0) is 27.2 Å². The maximum absolute atomic E-state index is 12.1. The normalized spacial score (nSPS) is 19.6. The number of aromatic nitrogens is 1. The third kappa shape index (κ3) is 3.55. The molecular weight excluding hydrogens is 288 g/mol. The van der Waals surface area contributed by atoms with E-state index in [-0.39, 0.29) is 12.1 Å². The molecule has 0 spiro atoms. The molecule has 1 aromatic rings. The Labute approximate surface area is 130 Å². The lowest BCUT2D eigenvalue weighted by atomic mass is 9.90. The van der Waals surface area contributed by atoms with Crippen LogP contribution in [0.25, 0.3) is 0 Å². The zero-order valence-corrected chi connectivity index (χ0v) is 14.0. The molecule has 0 radical (unpaired) electrons. The smallest absolute Gasteiger partial charge is 0.317 e. The first-order valence-electron chi connectivity index (χ1n) is 7.48. The topological polar surface area (TPSA) is 51.7 Å². The first-order valence-corrected chi connectivity index (χ1v) is 8.36. The highest BCUT2D eigenvalue weighted by atomic mass is 32.1. The van der Waals surface area contributed by atoms with Gasteiger partial charge in [-0.3, -0.25) is 4.79 Å². The minimum atomic E-state index is -0.707. The summed E-state index contributed by atoms with van der Waals surface area (Å²) >= 11 is 1.58. The molecule has 0 bridgehead atoms. The Hall–Kier alpha value is -1.14. The third-order valence-corrected chi connectivity index (χ3v) is 4.68. The van der Waals surface area contributed by atoms with Crippen molar-refractivity contribution in [3.8, 4) is 0 Å². The van der Waals surface area contributed by atoms with E-state index in [1.54, 1.807) is 11.3 Å². The third-order valence-electron chi connectivity index (χ3n) is 3.78. The lowest BCUT2D eigenvalue weighted by Crippen LogP contribution is -2.42. The Balaban J connectivity index is 2.12. The fourth-order valence-electron chi connectivity index (χ4n) is 2.25. The maximum Gasteiger partial charge on any atom is 0.317 e. The van der Waals surface area contributed by atoms with Crippen LogP contribution in [0.2, 0.25) is 0 Å². The first kappa shape index (κ1) is 16.2. The Morgan fingerprint density at radius 2 is 2.33 bits per heavy atom. The number of hydrogen-bond donors (Lipinski definition) is 0. The molecule has 1 aromatic heterocycles. The number of morpholine rings is 1. The molecule has 1 atom stereocenters. The Kier molecular flexibility index (Phi) is 5.22. The van der Waals surface area contributed by atoms with Gasteiger partial charge in [0.1, 0.15) is 5.41 Å². The summed E-state index contributed by atoms with van der Waals surface area (Å²) in [6.07, 6.45) is 1.27. The SMILES string of the molecule is CCOC(=O)C(C)(C)c1csc(N2CCOC(CC)C2)n1. The number of carbonyl (C=O) groups is 1. The van der Waals surface area contributed by atoms with Crippen LogP contribution < -0.4 is 4.90 Å². The van der Waals surface area contributed by atoms with Gasteiger partial charge in [-0.1, -0.05) is 6.92 Å². The number of ether oxygens (including phenoxy) is 2. The van der Waals surface area contributed by atoms with Gasteiger partial charge < -0.3 is 14.4 Å². The van der Waals surface area contributed by atoms with Crippen molar-refractivity contribution in [1.82, 2.24) is 4.98 Å². The molecule has 0 aliphatic carbocycles. The fourth-order valence-corrected chi connectivity index (χ4v) is 3.28. The standard InChI is InChI=1S/C15H24N2O3S/c1-5-11-9-17(7-8-20-11)14-16-12(10-21-14)15(3,4)13(18)19-6-2/h10-11H,5-9H2,1-4H3. The van der Waals surface area contributed by atoms with Crippen LogP contribution in [0, 0.1) is 0 Å². The largest absolute Gasteiger partial charge is 0.465 e. The molecule has 1 aliphatic heterocycles. The van der Waals surface area contributed by atoms with Crippen LogP contribution >= 0.6 is 11.3 Å². The molecule has 1 fully saturated rings. The molecule has 1 aliphatic rings. The van der Waals surface area contributed by atoms with Gasteiger partial charge in [0.05, 0.1) is 25.0 Å². The highest BCUT2D eigenvalue weighted by molar-refractivity contribution is 7.13. The molecule has 1 saturated heterocycles. The Bertz CT molecular complexity index is 487. The van der Waals surface area contributed by atoms with Gasteiger partial charge in [0.2, 0.25) is 0 Å². The molecule has 2 heterocycles. The van der Waals surface area contributed by atoms with E-state index in [0.717, 1.165) is 36.9 Å². The van der Waals surface area contributed by atoms with Crippen molar-refractivity contribution in [3.63, 3.8) is 0 Å². The summed E-state index contributed by atoms with van der Waals surface area (Å²) in [4.78, 5) is 19.0. The first-order chi connectivity index (χ1) is 9.98. The van der Waals surface area contributed by atoms with Gasteiger partial charge in [-0.15, -0.1) is 11.3 Å². The minimum absolute atomic E-state index is 0.227. The summed E-state index contributed by atoms with van der Waals surface area (Å²) < 4.78 is 10.8. The van der Waals surface area contributed by atoms with Crippen molar-refractivity contribution in [1.29, 1.82) is 0 Å². The van der Waals surface area contributed by atoms with Crippen molar-refractivity contribution in [2.75, 3.05) is 31.2 Å². The van der Waals surface area contributed by atoms with Crippen LogP contribution in [-0.4, -0.2) is 43.4 Å². The maximum atomic E-state index is 12.1. The average Bonchev–Trinajstić information content (AvgIpc) is 2.98. The number of hydrogen-bond acceptors (Lipinski definition) is 6. The van der Waals surface area contributed by atoms with Crippen LogP contribution in [0.4, 0.5) is 5.13 Å². The molecule has 118 valence electrons. The van der Waals surface area contributed by atoms with E-state index < -0.39 is 5.41 Å². The monoisotopic (exact) mass is 312 g/mol. The minimum Gasteiger partial charge on any atom is -0.465 e. The molecule has 0 amide bonds. The summed E-state index contributed by atoms with van der Waals surface area (Å²) in [5, 5.41) is 2.92. The molecule has 0 N–H and O–H groups in total. The van der Waals surface area contributed by atoms with E-state index in [1.165, 1.54) is 0 Å². The number of anilines is 1. The lowest BCUT2D eigenvalue weighted by molar-refractivity contribution is -0.148. The van der Waals surface area contributed by atoms with Gasteiger partial charge in [0.25, 0.3) is 0 Å². The van der Waals surface area contributed by atoms with Crippen LogP contribution in [0.15, 0.2) is 5.38 Å². The summed E-state index contributed by atoms with van der Waals surface area (Å²) in [7, 11) is 0. The molecule has 5 nitrogen and oxygen atoms in total. The summed E-state index contributed by atoms with van der Waals surface area (Å²) in [5.41, 5.74) is 0.0711. The zero-order chi connectivity index (χ0) is 15.5. The molecular formula is C15H24N2O3S. The van der Waals surface area contributed by atoms with Crippen molar-refractivity contribution in [2.24, 2.45) is 0 Å². The van der Waals surface area contributed by atoms with E-state index in [0.29, 0.717) is 6.61 Å². The number of esters is 1. The van der Waals surface area contributed by atoms with Crippen LogP contribution in [0.5, 0.6) is 0 Å². The number of rotatable bonds is 5. The van der Waals surface area contributed by atoms with Crippen LogP contribution in [-0.2, 0) is 19.7 Å². The number of carbonyl (C=O) groups excluding carboxylic acids is 1. The van der Waals surface area contributed by atoms with Gasteiger partial charge in [0.15, 0.2) is 5.13 Å². The van der Waals surface area contributed by atoms with Crippen molar-refractivity contribution in [3.05, 3.63) is 11.1 Å². The van der Waals surface area contributed by atoms with E-state index in [4.69, 9.17) is 9.47 Å². The molecule has 1 unspecified atom stereocenters. The van der Waals surface area contributed by atoms with Crippen molar-refractivity contribution < 1.29 is 14.3 Å². The second kappa shape index (κ2) is 6.75. The van der Waals surface area contributed by atoms with Gasteiger partial charge in [0, 0.05) is 18.5 Å². The van der Waals surface area contributed by atoms with Crippen molar-refractivity contribution in [2.45, 2.75) is 45.6 Å². The van der Waals surface area contributed by atoms with E-state index in [1.807, 2.05) is 26.2 Å². The van der Waals surface area contributed by atoms with Gasteiger partial charge in [-0.25, -0.2) is 4.98 Å². The predicted octanol–water partition coefficient (Wildman–Crippen LogP) is 2.60. The van der Waals surface area contributed by atoms with Crippen LogP contribution in [0.1, 0.15) is 39.8 Å².